The average Bonchev–Trinajstić information content (AvgIpc) is 3.48. The van der Waals surface area contributed by atoms with E-state index in [0.29, 0.717) is 41.8 Å². The number of aromatic nitrogens is 4. The maximum atomic E-state index is 12.5. The van der Waals surface area contributed by atoms with Gasteiger partial charge in [-0.3, -0.25) is 9.48 Å². The van der Waals surface area contributed by atoms with Crippen molar-refractivity contribution in [1.82, 2.24) is 19.6 Å². The summed E-state index contributed by atoms with van der Waals surface area (Å²) in [4.78, 5) is 12.5. The minimum Gasteiger partial charge on any atom is -0.492 e. The summed E-state index contributed by atoms with van der Waals surface area (Å²) in [6, 6.07) is 11.4. The number of benzene rings is 2. The molecule has 6 nitrogen and oxygen atoms in total. The summed E-state index contributed by atoms with van der Waals surface area (Å²) in [5.74, 6) is 1.37. The Labute approximate surface area is 172 Å². The number of halogens is 1. The second-order valence-corrected chi connectivity index (χ2v) is 7.94. The normalized spacial score (nSPS) is 14.0. The summed E-state index contributed by atoms with van der Waals surface area (Å²) < 4.78 is 9.22. The van der Waals surface area contributed by atoms with E-state index >= 15 is 0 Å². The second-order valence-electron chi connectivity index (χ2n) is 7.54. The predicted octanol–water partition coefficient (Wildman–Crippen LogP) is 4.26. The van der Waals surface area contributed by atoms with Gasteiger partial charge in [0.1, 0.15) is 5.75 Å². The molecule has 1 fully saturated rings. The van der Waals surface area contributed by atoms with Gasteiger partial charge in [-0.15, -0.1) is 0 Å². The average molecular weight is 409 g/mol. The molecule has 1 aliphatic rings. The van der Waals surface area contributed by atoms with Crippen molar-refractivity contribution in [3.8, 4) is 5.75 Å². The summed E-state index contributed by atoms with van der Waals surface area (Å²) in [5.41, 5.74) is 1.55. The van der Waals surface area contributed by atoms with Gasteiger partial charge < -0.3 is 4.74 Å². The molecule has 0 unspecified atom stereocenters. The van der Waals surface area contributed by atoms with Crippen LogP contribution in [0, 0.1) is 5.92 Å². The van der Waals surface area contributed by atoms with Crippen LogP contribution >= 0.6 is 11.6 Å². The number of hydrogen-bond donors (Lipinski definition) is 0. The first-order chi connectivity index (χ1) is 14.1. The first-order valence-corrected chi connectivity index (χ1v) is 10.3. The summed E-state index contributed by atoms with van der Waals surface area (Å²) >= 11 is 6.39. The zero-order valence-corrected chi connectivity index (χ0v) is 16.9. The van der Waals surface area contributed by atoms with E-state index in [2.05, 4.69) is 10.2 Å². The molecule has 29 heavy (non-hydrogen) atoms. The highest BCUT2D eigenvalue weighted by atomic mass is 35.5. The molecule has 1 aliphatic carbocycles. The van der Waals surface area contributed by atoms with Gasteiger partial charge in [0.15, 0.2) is 0 Å². The molecule has 5 rings (SSSR count). The van der Waals surface area contributed by atoms with Gasteiger partial charge in [-0.05, 0) is 43.9 Å². The zero-order valence-electron chi connectivity index (χ0n) is 16.1. The predicted molar refractivity (Wildman–Crippen MR) is 114 cm³/mol. The van der Waals surface area contributed by atoms with Crippen LogP contribution in [0.25, 0.3) is 21.7 Å². The number of nitrogens with zero attached hydrogens (tertiary/aromatic N) is 4. The minimum absolute atomic E-state index is 0.0679. The van der Waals surface area contributed by atoms with E-state index in [9.17, 15) is 4.79 Å². The number of hydrogen-bond acceptors (Lipinski definition) is 4. The molecule has 1 saturated carbocycles. The topological polar surface area (TPSA) is 61.9 Å². The van der Waals surface area contributed by atoms with E-state index in [1.54, 1.807) is 0 Å². The molecule has 0 bridgehead atoms. The summed E-state index contributed by atoms with van der Waals surface area (Å²) in [5, 5.41) is 12.3. The van der Waals surface area contributed by atoms with Crippen LogP contribution in [0.3, 0.4) is 0 Å². The quantitative estimate of drug-likeness (QED) is 0.478. The van der Waals surface area contributed by atoms with E-state index < -0.39 is 0 Å². The highest BCUT2D eigenvalue weighted by Crippen LogP contribution is 2.33. The lowest BCUT2D eigenvalue weighted by molar-refractivity contribution is 0.300. The Morgan fingerprint density at radius 2 is 1.97 bits per heavy atom. The Morgan fingerprint density at radius 3 is 2.72 bits per heavy atom. The number of rotatable bonds is 6. The Bertz CT molecular complexity index is 1270. The Balaban J connectivity index is 1.51. The molecule has 2 aromatic carbocycles. The smallest absolute Gasteiger partial charge is 0.274 e. The van der Waals surface area contributed by atoms with Crippen molar-refractivity contribution in [2.45, 2.75) is 32.9 Å². The zero-order chi connectivity index (χ0) is 20.0. The van der Waals surface area contributed by atoms with Crippen molar-refractivity contribution in [3.05, 3.63) is 63.7 Å². The molecule has 0 spiro atoms. The van der Waals surface area contributed by atoms with Gasteiger partial charge in [0.05, 0.1) is 34.8 Å². The molecule has 0 N–H and O–H groups in total. The van der Waals surface area contributed by atoms with Crippen molar-refractivity contribution in [2.75, 3.05) is 6.61 Å². The largest absolute Gasteiger partial charge is 0.492 e. The molecule has 0 amide bonds. The third kappa shape index (κ3) is 3.49. The Hall–Kier alpha value is -2.86. The van der Waals surface area contributed by atoms with Crippen LogP contribution in [0.4, 0.5) is 0 Å². The lowest BCUT2D eigenvalue weighted by Crippen LogP contribution is -2.24. The summed E-state index contributed by atoms with van der Waals surface area (Å²) in [6.07, 6.45) is 4.44. The molecule has 0 saturated heterocycles. The van der Waals surface area contributed by atoms with Crippen LogP contribution in [-0.4, -0.2) is 26.2 Å². The third-order valence-corrected chi connectivity index (χ3v) is 5.63. The van der Waals surface area contributed by atoms with E-state index in [1.165, 1.54) is 17.5 Å². The van der Waals surface area contributed by atoms with Gasteiger partial charge >= 0.3 is 0 Å². The van der Waals surface area contributed by atoms with Crippen molar-refractivity contribution in [3.63, 3.8) is 0 Å². The Morgan fingerprint density at radius 1 is 1.17 bits per heavy atom. The molecule has 2 aromatic heterocycles. The molecular formula is C22H21ClN4O2. The Kier molecular flexibility index (Phi) is 4.51. The van der Waals surface area contributed by atoms with Crippen LogP contribution in [0.5, 0.6) is 5.75 Å². The van der Waals surface area contributed by atoms with Crippen molar-refractivity contribution >= 4 is 33.3 Å². The fourth-order valence-electron chi connectivity index (χ4n) is 3.55. The molecular weight excluding hydrogens is 388 g/mol. The molecule has 0 radical (unpaired) electrons. The van der Waals surface area contributed by atoms with E-state index in [0.717, 1.165) is 22.0 Å². The first-order valence-electron chi connectivity index (χ1n) is 9.90. The highest BCUT2D eigenvalue weighted by Gasteiger charge is 2.22. The SMILES string of the molecule is CCn1nc(Cn2cc3cc(OCC4CC4)c(Cl)cc3n2)c2ccccc2c1=O. The minimum atomic E-state index is -0.0679. The highest BCUT2D eigenvalue weighted by molar-refractivity contribution is 6.32. The van der Waals surface area contributed by atoms with Gasteiger partial charge in [-0.25, -0.2) is 4.68 Å². The third-order valence-electron chi connectivity index (χ3n) is 5.33. The monoisotopic (exact) mass is 408 g/mol. The van der Waals surface area contributed by atoms with Crippen molar-refractivity contribution < 1.29 is 4.74 Å². The van der Waals surface area contributed by atoms with E-state index in [-0.39, 0.29) is 5.56 Å². The van der Waals surface area contributed by atoms with Gasteiger partial charge in [-0.1, -0.05) is 29.8 Å². The van der Waals surface area contributed by atoms with E-state index in [4.69, 9.17) is 16.3 Å². The van der Waals surface area contributed by atoms with Crippen LogP contribution in [0.2, 0.25) is 5.02 Å². The molecule has 0 aliphatic heterocycles. The number of aryl methyl sites for hydroxylation is 1. The number of ether oxygens (including phenoxy) is 1. The fraction of sp³-hybridized carbons (Fsp3) is 0.318. The molecule has 0 atom stereocenters. The van der Waals surface area contributed by atoms with Crippen molar-refractivity contribution in [1.29, 1.82) is 0 Å². The lowest BCUT2D eigenvalue weighted by atomic mass is 10.1. The lowest BCUT2D eigenvalue weighted by Gasteiger charge is -2.09. The fourth-order valence-corrected chi connectivity index (χ4v) is 3.76. The van der Waals surface area contributed by atoms with Gasteiger partial charge in [0.2, 0.25) is 0 Å². The van der Waals surface area contributed by atoms with Crippen LogP contribution in [-0.2, 0) is 13.1 Å². The van der Waals surface area contributed by atoms with Crippen LogP contribution in [0.15, 0.2) is 47.4 Å². The summed E-state index contributed by atoms with van der Waals surface area (Å²) in [7, 11) is 0. The molecule has 148 valence electrons. The second kappa shape index (κ2) is 7.19. The molecule has 7 heteroatoms. The van der Waals surface area contributed by atoms with Crippen LogP contribution in [0.1, 0.15) is 25.5 Å². The molecule has 2 heterocycles. The van der Waals surface area contributed by atoms with Gasteiger partial charge in [-0.2, -0.15) is 10.2 Å². The molecule has 4 aromatic rings. The summed E-state index contributed by atoms with van der Waals surface area (Å²) in [6.45, 7) is 3.62. The van der Waals surface area contributed by atoms with Gasteiger partial charge in [0.25, 0.3) is 5.56 Å². The maximum absolute atomic E-state index is 12.5. The van der Waals surface area contributed by atoms with Crippen molar-refractivity contribution in [2.24, 2.45) is 5.92 Å². The van der Waals surface area contributed by atoms with Crippen LogP contribution < -0.4 is 10.3 Å². The van der Waals surface area contributed by atoms with Gasteiger partial charge in [0, 0.05) is 23.5 Å². The number of fused-ring (bicyclic) bond motifs is 2. The standard InChI is InChI=1S/C22H21ClN4O2/c1-2-27-22(28)17-6-4-3-5-16(17)20(25-27)12-26-11-15-9-21(29-13-14-7-8-14)18(23)10-19(15)24-26/h3-6,9-11,14H,2,7-8,12-13H2,1H3. The maximum Gasteiger partial charge on any atom is 0.274 e. The first kappa shape index (κ1) is 18.2. The van der Waals surface area contributed by atoms with E-state index in [1.807, 2.05) is 54.2 Å².